The van der Waals surface area contributed by atoms with Gasteiger partial charge in [-0.1, -0.05) is 28.1 Å². The Labute approximate surface area is 116 Å². The minimum atomic E-state index is -0.0620. The van der Waals surface area contributed by atoms with Gasteiger partial charge in [-0.2, -0.15) is 0 Å². The van der Waals surface area contributed by atoms with Crippen molar-refractivity contribution in [1.29, 1.82) is 0 Å². The second kappa shape index (κ2) is 7.38. The number of carbonyl (C=O) groups excluding carboxylic acids is 1. The van der Waals surface area contributed by atoms with Crippen LogP contribution in [0.5, 0.6) is 5.75 Å². The van der Waals surface area contributed by atoms with Crippen molar-refractivity contribution in [3.8, 4) is 5.75 Å². The van der Waals surface area contributed by atoms with Gasteiger partial charge >= 0.3 is 0 Å². The lowest BCUT2D eigenvalue weighted by molar-refractivity contribution is 0.0781. The molecule has 0 saturated carbocycles. The fourth-order valence-electron chi connectivity index (χ4n) is 1.64. The molecule has 0 aliphatic heterocycles. The Bertz CT molecular complexity index is 398. The molecule has 0 aromatic heterocycles. The highest BCUT2D eigenvalue weighted by Gasteiger charge is 2.18. The van der Waals surface area contributed by atoms with E-state index >= 15 is 0 Å². The standard InChI is InChI=1S/C13H18BrNO3/c1-15(8-10(14)9-17-2)13(16)11-6-4-5-7-12(11)18-3/h4-7,10H,8-9H2,1-3H3. The SMILES string of the molecule is COCC(Br)CN(C)C(=O)c1ccccc1OC. The van der Waals surface area contributed by atoms with Crippen LogP contribution in [0.2, 0.25) is 0 Å². The van der Waals surface area contributed by atoms with Gasteiger partial charge in [0, 0.05) is 20.7 Å². The van der Waals surface area contributed by atoms with Crippen molar-refractivity contribution in [2.45, 2.75) is 4.83 Å². The first-order valence-electron chi connectivity index (χ1n) is 5.61. The molecule has 4 nitrogen and oxygen atoms in total. The number of nitrogens with zero attached hydrogens (tertiary/aromatic N) is 1. The highest BCUT2D eigenvalue weighted by molar-refractivity contribution is 9.09. The summed E-state index contributed by atoms with van der Waals surface area (Å²) in [6.45, 7) is 1.13. The molecule has 0 fully saturated rings. The molecular weight excluding hydrogens is 298 g/mol. The number of alkyl halides is 1. The van der Waals surface area contributed by atoms with Crippen molar-refractivity contribution in [3.63, 3.8) is 0 Å². The number of hydrogen-bond acceptors (Lipinski definition) is 3. The van der Waals surface area contributed by atoms with Gasteiger partial charge in [0.2, 0.25) is 0 Å². The molecule has 0 heterocycles. The van der Waals surface area contributed by atoms with E-state index in [1.807, 2.05) is 12.1 Å². The van der Waals surface area contributed by atoms with Crippen LogP contribution in [0.4, 0.5) is 0 Å². The van der Waals surface area contributed by atoms with E-state index in [-0.39, 0.29) is 10.7 Å². The maximum absolute atomic E-state index is 12.2. The average molecular weight is 316 g/mol. The zero-order valence-electron chi connectivity index (χ0n) is 10.9. The van der Waals surface area contributed by atoms with E-state index < -0.39 is 0 Å². The average Bonchev–Trinajstić information content (AvgIpc) is 2.38. The van der Waals surface area contributed by atoms with Crippen molar-refractivity contribution in [1.82, 2.24) is 4.90 Å². The topological polar surface area (TPSA) is 38.8 Å². The summed E-state index contributed by atoms with van der Waals surface area (Å²) < 4.78 is 10.2. The van der Waals surface area contributed by atoms with E-state index in [1.165, 1.54) is 0 Å². The molecule has 0 aliphatic rings. The lowest BCUT2D eigenvalue weighted by atomic mass is 10.1. The van der Waals surface area contributed by atoms with Gasteiger partial charge in [0.15, 0.2) is 0 Å². The predicted octanol–water partition coefficient (Wildman–Crippen LogP) is 2.18. The normalized spacial score (nSPS) is 12.0. The first-order chi connectivity index (χ1) is 8.60. The van der Waals surface area contributed by atoms with Gasteiger partial charge in [-0.05, 0) is 12.1 Å². The molecule has 0 saturated heterocycles. The number of hydrogen-bond donors (Lipinski definition) is 0. The minimum absolute atomic E-state index is 0.0620. The minimum Gasteiger partial charge on any atom is -0.496 e. The Morgan fingerprint density at radius 2 is 2.06 bits per heavy atom. The van der Waals surface area contributed by atoms with Crippen molar-refractivity contribution in [2.24, 2.45) is 0 Å². The number of amides is 1. The van der Waals surface area contributed by atoms with Crippen molar-refractivity contribution < 1.29 is 14.3 Å². The van der Waals surface area contributed by atoms with E-state index in [9.17, 15) is 4.79 Å². The van der Waals surface area contributed by atoms with E-state index in [0.29, 0.717) is 24.5 Å². The van der Waals surface area contributed by atoms with E-state index in [0.717, 1.165) is 0 Å². The Hall–Kier alpha value is -1.07. The van der Waals surface area contributed by atoms with Gasteiger partial charge in [0.25, 0.3) is 5.91 Å². The van der Waals surface area contributed by atoms with Crippen LogP contribution in [0.1, 0.15) is 10.4 Å². The number of carbonyl (C=O) groups is 1. The quantitative estimate of drug-likeness (QED) is 0.755. The molecule has 1 amide bonds. The molecule has 5 heteroatoms. The van der Waals surface area contributed by atoms with Crippen LogP contribution in [0.25, 0.3) is 0 Å². The number of rotatable bonds is 6. The molecule has 0 N–H and O–H groups in total. The largest absolute Gasteiger partial charge is 0.496 e. The van der Waals surface area contributed by atoms with Crippen molar-refractivity contribution in [3.05, 3.63) is 29.8 Å². The molecule has 0 bridgehead atoms. The summed E-state index contributed by atoms with van der Waals surface area (Å²) >= 11 is 3.46. The third-order valence-corrected chi connectivity index (χ3v) is 3.06. The molecule has 1 aromatic carbocycles. The van der Waals surface area contributed by atoms with Gasteiger partial charge in [-0.25, -0.2) is 0 Å². The molecule has 0 radical (unpaired) electrons. The van der Waals surface area contributed by atoms with Crippen molar-refractivity contribution >= 4 is 21.8 Å². The summed E-state index contributed by atoms with van der Waals surface area (Å²) in [6, 6.07) is 7.21. The molecule has 1 aromatic rings. The monoisotopic (exact) mass is 315 g/mol. The zero-order chi connectivity index (χ0) is 13.5. The van der Waals surface area contributed by atoms with Crippen LogP contribution in [-0.4, -0.2) is 50.1 Å². The zero-order valence-corrected chi connectivity index (χ0v) is 12.4. The maximum Gasteiger partial charge on any atom is 0.257 e. The van der Waals surface area contributed by atoms with Gasteiger partial charge in [-0.15, -0.1) is 0 Å². The maximum atomic E-state index is 12.2. The number of ether oxygens (including phenoxy) is 2. The number of para-hydroxylation sites is 1. The van der Waals surface area contributed by atoms with Crippen LogP contribution >= 0.6 is 15.9 Å². The number of methoxy groups -OCH3 is 2. The smallest absolute Gasteiger partial charge is 0.257 e. The predicted molar refractivity (Wildman–Crippen MR) is 74.5 cm³/mol. The Morgan fingerprint density at radius 1 is 1.39 bits per heavy atom. The number of halogens is 1. The molecular formula is C13H18BrNO3. The molecule has 100 valence electrons. The lowest BCUT2D eigenvalue weighted by Crippen LogP contribution is -2.33. The molecule has 1 rings (SSSR count). The Morgan fingerprint density at radius 3 is 2.67 bits per heavy atom. The highest BCUT2D eigenvalue weighted by atomic mass is 79.9. The van der Waals surface area contributed by atoms with E-state index in [2.05, 4.69) is 15.9 Å². The van der Waals surface area contributed by atoms with Crippen LogP contribution in [0.15, 0.2) is 24.3 Å². The van der Waals surface area contributed by atoms with Gasteiger partial charge in [0.1, 0.15) is 5.75 Å². The second-order valence-electron chi connectivity index (χ2n) is 3.94. The summed E-state index contributed by atoms with van der Waals surface area (Å²) in [6.07, 6.45) is 0. The fourth-order valence-corrected chi connectivity index (χ4v) is 2.34. The summed E-state index contributed by atoms with van der Waals surface area (Å²) in [4.78, 5) is 14.0. The lowest BCUT2D eigenvalue weighted by Gasteiger charge is -2.21. The summed E-state index contributed by atoms with van der Waals surface area (Å²) in [5.74, 6) is 0.528. The van der Waals surface area contributed by atoms with Crippen LogP contribution < -0.4 is 4.74 Å². The second-order valence-corrected chi connectivity index (χ2v) is 5.23. The third-order valence-electron chi connectivity index (χ3n) is 2.50. The van der Waals surface area contributed by atoms with Gasteiger partial charge < -0.3 is 14.4 Å². The highest BCUT2D eigenvalue weighted by Crippen LogP contribution is 2.19. The van der Waals surface area contributed by atoms with Crippen LogP contribution in [-0.2, 0) is 4.74 Å². The molecule has 1 atom stereocenters. The molecule has 0 spiro atoms. The Balaban J connectivity index is 2.74. The fraction of sp³-hybridized carbons (Fsp3) is 0.462. The van der Waals surface area contributed by atoms with E-state index in [1.54, 1.807) is 38.3 Å². The van der Waals surface area contributed by atoms with Gasteiger partial charge in [-0.3, -0.25) is 4.79 Å². The summed E-state index contributed by atoms with van der Waals surface area (Å²) in [7, 11) is 4.96. The Kier molecular flexibility index (Phi) is 6.15. The third kappa shape index (κ3) is 3.99. The first kappa shape index (κ1) is 15.0. The summed E-state index contributed by atoms with van der Waals surface area (Å²) in [5.41, 5.74) is 0.569. The van der Waals surface area contributed by atoms with Crippen LogP contribution in [0, 0.1) is 0 Å². The summed E-state index contributed by atoms with van der Waals surface area (Å²) in [5, 5.41) is 0. The van der Waals surface area contributed by atoms with Crippen LogP contribution in [0.3, 0.4) is 0 Å². The van der Waals surface area contributed by atoms with E-state index in [4.69, 9.17) is 9.47 Å². The first-order valence-corrected chi connectivity index (χ1v) is 6.53. The van der Waals surface area contributed by atoms with Gasteiger partial charge in [0.05, 0.1) is 24.1 Å². The van der Waals surface area contributed by atoms with Crippen molar-refractivity contribution in [2.75, 3.05) is 34.4 Å². The number of benzene rings is 1. The molecule has 1 unspecified atom stereocenters. The molecule has 0 aliphatic carbocycles. The molecule has 18 heavy (non-hydrogen) atoms.